The topological polar surface area (TPSA) is 71.1 Å². The molecule has 2 rings (SSSR count). The fraction of sp³-hybridized carbons (Fsp3) is 0.714. The Labute approximate surface area is 118 Å². The van der Waals surface area contributed by atoms with Crippen LogP contribution in [-0.4, -0.2) is 44.0 Å². The smallest absolute Gasteiger partial charge is 0.373 e. The van der Waals surface area contributed by atoms with Crippen LogP contribution in [0.25, 0.3) is 0 Å². The molecule has 2 fully saturated rings. The molecule has 0 saturated carbocycles. The largest absolute Gasteiger partial charge is 0.484 e. The third-order valence-electron chi connectivity index (χ3n) is 3.31. The highest BCUT2D eigenvalue weighted by molar-refractivity contribution is 5.88. The van der Waals surface area contributed by atoms with Gasteiger partial charge in [0, 0.05) is 6.61 Å². The number of esters is 2. The summed E-state index contributed by atoms with van der Waals surface area (Å²) in [4.78, 5) is 23.3. The molecule has 6 heteroatoms. The second kappa shape index (κ2) is 7.28. The summed E-state index contributed by atoms with van der Waals surface area (Å²) in [6, 6.07) is 0. The van der Waals surface area contributed by atoms with Crippen LogP contribution in [0.15, 0.2) is 12.3 Å². The van der Waals surface area contributed by atoms with Crippen molar-refractivity contribution in [3.05, 3.63) is 12.3 Å². The monoisotopic (exact) mass is 284 g/mol. The Morgan fingerprint density at radius 1 is 1.25 bits per heavy atom. The van der Waals surface area contributed by atoms with Crippen molar-refractivity contribution in [2.75, 3.05) is 19.8 Å². The molecule has 0 radical (unpaired) electrons. The highest BCUT2D eigenvalue weighted by atomic mass is 16.6. The number of ether oxygens (including phenoxy) is 4. The molecule has 20 heavy (non-hydrogen) atoms. The maximum Gasteiger partial charge on any atom is 0.373 e. The van der Waals surface area contributed by atoms with Crippen LogP contribution in [-0.2, 0) is 28.5 Å². The van der Waals surface area contributed by atoms with E-state index in [2.05, 4.69) is 6.58 Å². The predicted molar refractivity (Wildman–Crippen MR) is 68.8 cm³/mol. The molecular formula is C14H20O6. The summed E-state index contributed by atoms with van der Waals surface area (Å²) in [5.41, 5.74) is 0. The molecule has 2 aliphatic rings. The van der Waals surface area contributed by atoms with Crippen molar-refractivity contribution in [3.63, 3.8) is 0 Å². The third kappa shape index (κ3) is 4.23. The minimum absolute atomic E-state index is 0.00222. The molecule has 6 nitrogen and oxygen atoms in total. The summed E-state index contributed by atoms with van der Waals surface area (Å²) in [7, 11) is 0. The maximum atomic E-state index is 11.8. The lowest BCUT2D eigenvalue weighted by molar-refractivity contribution is -0.166. The van der Waals surface area contributed by atoms with Crippen molar-refractivity contribution >= 4 is 11.9 Å². The maximum absolute atomic E-state index is 11.8. The van der Waals surface area contributed by atoms with E-state index in [0.29, 0.717) is 13.0 Å². The number of carbonyl (C=O) groups is 2. The van der Waals surface area contributed by atoms with Gasteiger partial charge in [0.05, 0.1) is 12.7 Å². The van der Waals surface area contributed by atoms with Gasteiger partial charge in [0.1, 0.15) is 6.61 Å². The first-order valence-corrected chi connectivity index (χ1v) is 6.98. The van der Waals surface area contributed by atoms with E-state index >= 15 is 0 Å². The van der Waals surface area contributed by atoms with Crippen LogP contribution in [0.2, 0.25) is 0 Å². The lowest BCUT2D eigenvalue weighted by atomic mass is 10.2. The van der Waals surface area contributed by atoms with Crippen molar-refractivity contribution in [3.8, 4) is 0 Å². The minimum Gasteiger partial charge on any atom is -0.484 e. The van der Waals surface area contributed by atoms with Crippen LogP contribution in [0.3, 0.4) is 0 Å². The van der Waals surface area contributed by atoms with E-state index in [1.165, 1.54) is 0 Å². The molecule has 2 atom stereocenters. The first-order valence-electron chi connectivity index (χ1n) is 6.98. The van der Waals surface area contributed by atoms with E-state index in [1.807, 2.05) is 0 Å². The fourth-order valence-electron chi connectivity index (χ4n) is 2.15. The van der Waals surface area contributed by atoms with Gasteiger partial charge < -0.3 is 18.9 Å². The van der Waals surface area contributed by atoms with Crippen LogP contribution < -0.4 is 0 Å². The molecule has 112 valence electrons. The molecule has 2 aliphatic heterocycles. The molecule has 0 aromatic rings. The third-order valence-corrected chi connectivity index (χ3v) is 3.31. The number of cyclic esters (lactones) is 1. The second-order valence-electron chi connectivity index (χ2n) is 4.93. The van der Waals surface area contributed by atoms with E-state index in [9.17, 15) is 9.59 Å². The average molecular weight is 284 g/mol. The zero-order valence-electron chi connectivity index (χ0n) is 11.5. The molecule has 0 N–H and O–H groups in total. The van der Waals surface area contributed by atoms with Gasteiger partial charge in [0.15, 0.2) is 11.9 Å². The minimum atomic E-state index is -0.854. The van der Waals surface area contributed by atoms with Gasteiger partial charge in [0.2, 0.25) is 0 Å². The Bertz CT molecular complexity index is 372. The quantitative estimate of drug-likeness (QED) is 0.431. The van der Waals surface area contributed by atoms with Gasteiger partial charge in [0.25, 0.3) is 0 Å². The van der Waals surface area contributed by atoms with E-state index in [0.717, 1.165) is 32.3 Å². The van der Waals surface area contributed by atoms with Crippen molar-refractivity contribution in [1.29, 1.82) is 0 Å². The second-order valence-corrected chi connectivity index (χ2v) is 4.93. The van der Waals surface area contributed by atoms with Crippen LogP contribution in [0.4, 0.5) is 0 Å². The Kier molecular flexibility index (Phi) is 5.40. The summed E-state index contributed by atoms with van der Waals surface area (Å²) >= 11 is 0. The summed E-state index contributed by atoms with van der Waals surface area (Å²) in [5.74, 6) is -1.31. The Morgan fingerprint density at radius 2 is 2.10 bits per heavy atom. The molecular weight excluding hydrogens is 264 g/mol. The lowest BCUT2D eigenvalue weighted by Gasteiger charge is -2.16. The number of hydrogen-bond donors (Lipinski definition) is 0. The normalized spacial score (nSPS) is 26.5. The van der Waals surface area contributed by atoms with Gasteiger partial charge in [-0.3, -0.25) is 0 Å². The van der Waals surface area contributed by atoms with Gasteiger partial charge >= 0.3 is 11.9 Å². The Hall–Kier alpha value is -1.56. The molecule has 0 spiro atoms. The van der Waals surface area contributed by atoms with E-state index in [1.54, 1.807) is 0 Å². The fourth-order valence-corrected chi connectivity index (χ4v) is 2.15. The molecule has 0 aromatic carbocycles. The van der Waals surface area contributed by atoms with Crippen molar-refractivity contribution < 1.29 is 28.5 Å². The summed E-state index contributed by atoms with van der Waals surface area (Å²) in [6.45, 7) is 4.91. The molecule has 2 heterocycles. The summed E-state index contributed by atoms with van der Waals surface area (Å²) in [6.07, 6.45) is 3.11. The molecule has 0 aliphatic carbocycles. The van der Waals surface area contributed by atoms with Gasteiger partial charge in [-0.15, -0.1) is 0 Å². The van der Waals surface area contributed by atoms with Crippen molar-refractivity contribution in [2.24, 2.45) is 0 Å². The van der Waals surface area contributed by atoms with Crippen molar-refractivity contribution in [1.82, 2.24) is 0 Å². The van der Waals surface area contributed by atoms with Crippen molar-refractivity contribution in [2.45, 2.75) is 44.3 Å². The van der Waals surface area contributed by atoms with E-state index in [-0.39, 0.29) is 18.5 Å². The Balaban J connectivity index is 1.74. The highest BCUT2D eigenvalue weighted by Crippen LogP contribution is 2.16. The molecule has 0 bridgehead atoms. The zero-order chi connectivity index (χ0) is 14.4. The van der Waals surface area contributed by atoms with Gasteiger partial charge in [-0.25, -0.2) is 9.59 Å². The zero-order valence-corrected chi connectivity index (χ0v) is 11.5. The first kappa shape index (κ1) is 14.8. The number of hydrogen-bond acceptors (Lipinski definition) is 6. The first-order chi connectivity index (χ1) is 9.66. The van der Waals surface area contributed by atoms with Gasteiger partial charge in [-0.2, -0.15) is 0 Å². The molecule has 0 aromatic heterocycles. The van der Waals surface area contributed by atoms with Crippen LogP contribution in [0.1, 0.15) is 32.1 Å². The van der Waals surface area contributed by atoms with Crippen LogP contribution in [0, 0.1) is 0 Å². The standard InChI is InChI=1S/C14H20O6/c1-10(19-9-11-5-4-8-17-11)13(15)20-12-6-2-3-7-18-14(12)16/h11-12H,1-9H2. The number of carbonyl (C=O) groups excluding carboxylic acids is 2. The van der Waals surface area contributed by atoms with Gasteiger partial charge in [-0.1, -0.05) is 0 Å². The van der Waals surface area contributed by atoms with Crippen LogP contribution >= 0.6 is 0 Å². The van der Waals surface area contributed by atoms with Gasteiger partial charge in [-0.05, 0) is 38.7 Å². The van der Waals surface area contributed by atoms with E-state index < -0.39 is 18.0 Å². The molecule has 2 saturated heterocycles. The van der Waals surface area contributed by atoms with E-state index in [4.69, 9.17) is 18.9 Å². The Morgan fingerprint density at radius 3 is 2.85 bits per heavy atom. The molecule has 2 unspecified atom stereocenters. The average Bonchev–Trinajstić information content (AvgIpc) is 2.88. The lowest BCUT2D eigenvalue weighted by Crippen LogP contribution is -2.29. The summed E-state index contributed by atoms with van der Waals surface area (Å²) < 4.78 is 20.6. The SMILES string of the molecule is C=C(OCC1CCCO1)C(=O)OC1CCCCOC1=O. The number of rotatable bonds is 5. The predicted octanol–water partition coefficient (Wildman–Crippen LogP) is 1.33. The molecule has 0 amide bonds. The highest BCUT2D eigenvalue weighted by Gasteiger charge is 2.28. The van der Waals surface area contributed by atoms with Crippen LogP contribution in [0.5, 0.6) is 0 Å². The summed E-state index contributed by atoms with van der Waals surface area (Å²) in [5, 5.41) is 0.